The van der Waals surface area contributed by atoms with E-state index in [9.17, 15) is 0 Å². The molecule has 0 amide bonds. The van der Waals surface area contributed by atoms with E-state index in [1.54, 1.807) is 0 Å². The van der Waals surface area contributed by atoms with E-state index in [0.29, 0.717) is 12.1 Å². The van der Waals surface area contributed by atoms with Gasteiger partial charge in [-0.05, 0) is 38.3 Å². The van der Waals surface area contributed by atoms with Crippen LogP contribution in [0.1, 0.15) is 53.4 Å². The molecule has 1 heterocycles. The Hall–Kier alpha value is -0.120. The van der Waals surface area contributed by atoms with Crippen molar-refractivity contribution >= 4 is 0 Å². The van der Waals surface area contributed by atoms with Gasteiger partial charge in [-0.25, -0.2) is 0 Å². The summed E-state index contributed by atoms with van der Waals surface area (Å²) in [6.45, 7) is 14.6. The van der Waals surface area contributed by atoms with Crippen LogP contribution in [0.15, 0.2) is 0 Å². The van der Waals surface area contributed by atoms with Crippen LogP contribution >= 0.6 is 0 Å². The molecule has 1 fully saturated rings. The van der Waals surface area contributed by atoms with Crippen LogP contribution in [-0.4, -0.2) is 49.8 Å². The lowest BCUT2D eigenvalue weighted by molar-refractivity contribution is -0.0496. The molecule has 3 heteroatoms. The van der Waals surface area contributed by atoms with Crippen molar-refractivity contribution in [3.8, 4) is 0 Å². The minimum Gasteiger partial charge on any atom is -0.374 e. The molecular weight excluding hydrogens is 236 g/mol. The van der Waals surface area contributed by atoms with Gasteiger partial charge in [0.25, 0.3) is 0 Å². The highest BCUT2D eigenvalue weighted by Gasteiger charge is 2.28. The standard InChI is InChI=1S/C16H34N2O/c1-5-8-17-15(12-14(4)7-3)16-13-18(9-6-2)10-11-19-16/h14-17H,5-13H2,1-4H3. The Balaban J connectivity index is 2.51. The molecule has 1 N–H and O–H groups in total. The Labute approximate surface area is 120 Å². The minimum atomic E-state index is 0.376. The molecule has 0 spiro atoms. The smallest absolute Gasteiger partial charge is 0.0855 e. The number of rotatable bonds is 9. The van der Waals surface area contributed by atoms with Gasteiger partial charge in [0.05, 0.1) is 12.7 Å². The summed E-state index contributed by atoms with van der Waals surface area (Å²) in [6, 6.07) is 0.523. The molecule has 0 radical (unpaired) electrons. The number of hydrogen-bond donors (Lipinski definition) is 1. The van der Waals surface area contributed by atoms with E-state index in [2.05, 4.69) is 37.9 Å². The van der Waals surface area contributed by atoms with Crippen LogP contribution in [0.5, 0.6) is 0 Å². The first-order valence-electron chi connectivity index (χ1n) is 8.28. The van der Waals surface area contributed by atoms with Gasteiger partial charge in [0.15, 0.2) is 0 Å². The van der Waals surface area contributed by atoms with Crippen molar-refractivity contribution in [2.75, 3.05) is 32.8 Å². The first-order valence-corrected chi connectivity index (χ1v) is 8.28. The maximum absolute atomic E-state index is 6.05. The van der Waals surface area contributed by atoms with Gasteiger partial charge in [0.1, 0.15) is 0 Å². The van der Waals surface area contributed by atoms with E-state index in [-0.39, 0.29) is 0 Å². The van der Waals surface area contributed by atoms with E-state index in [4.69, 9.17) is 4.74 Å². The van der Waals surface area contributed by atoms with Crippen molar-refractivity contribution < 1.29 is 4.74 Å². The van der Waals surface area contributed by atoms with Crippen molar-refractivity contribution in [2.24, 2.45) is 5.92 Å². The van der Waals surface area contributed by atoms with E-state index in [1.807, 2.05) is 0 Å². The van der Waals surface area contributed by atoms with Crippen molar-refractivity contribution in [3.05, 3.63) is 0 Å². The predicted octanol–water partition coefficient (Wildman–Crippen LogP) is 2.90. The van der Waals surface area contributed by atoms with Crippen molar-refractivity contribution in [3.63, 3.8) is 0 Å². The molecule has 0 aromatic carbocycles. The molecule has 3 unspecified atom stereocenters. The van der Waals surface area contributed by atoms with Gasteiger partial charge in [-0.1, -0.05) is 34.1 Å². The molecule has 0 bridgehead atoms. The van der Waals surface area contributed by atoms with Crippen molar-refractivity contribution in [2.45, 2.75) is 65.5 Å². The first-order chi connectivity index (χ1) is 9.21. The van der Waals surface area contributed by atoms with Crippen molar-refractivity contribution in [1.29, 1.82) is 0 Å². The largest absolute Gasteiger partial charge is 0.374 e. The molecular formula is C16H34N2O. The van der Waals surface area contributed by atoms with Gasteiger partial charge in [-0.3, -0.25) is 4.90 Å². The third-order valence-electron chi connectivity index (χ3n) is 4.18. The second kappa shape index (κ2) is 9.73. The van der Waals surface area contributed by atoms with E-state index >= 15 is 0 Å². The summed E-state index contributed by atoms with van der Waals surface area (Å²) >= 11 is 0. The Morgan fingerprint density at radius 1 is 1.26 bits per heavy atom. The quantitative estimate of drug-likeness (QED) is 0.697. The Morgan fingerprint density at radius 3 is 2.68 bits per heavy atom. The Morgan fingerprint density at radius 2 is 2.05 bits per heavy atom. The van der Waals surface area contributed by atoms with Gasteiger partial charge < -0.3 is 10.1 Å². The fraction of sp³-hybridized carbons (Fsp3) is 1.00. The molecule has 1 aliphatic heterocycles. The highest BCUT2D eigenvalue weighted by Crippen LogP contribution is 2.17. The topological polar surface area (TPSA) is 24.5 Å². The highest BCUT2D eigenvalue weighted by atomic mass is 16.5. The SMILES string of the molecule is CCCNC(CC(C)CC)C1CN(CCC)CCO1. The summed E-state index contributed by atoms with van der Waals surface area (Å²) in [5, 5.41) is 3.72. The molecule has 1 saturated heterocycles. The average molecular weight is 270 g/mol. The molecule has 3 atom stereocenters. The normalized spacial score (nSPS) is 24.3. The number of ether oxygens (including phenoxy) is 1. The lowest BCUT2D eigenvalue weighted by atomic mass is 9.94. The lowest BCUT2D eigenvalue weighted by Crippen LogP contribution is -2.53. The van der Waals surface area contributed by atoms with E-state index in [0.717, 1.165) is 32.2 Å². The summed E-state index contributed by atoms with van der Waals surface area (Å²) in [5.41, 5.74) is 0. The zero-order valence-corrected chi connectivity index (χ0v) is 13.5. The summed E-state index contributed by atoms with van der Waals surface area (Å²) in [4.78, 5) is 2.56. The molecule has 1 aliphatic rings. The number of nitrogens with one attached hydrogen (secondary N) is 1. The Kier molecular flexibility index (Phi) is 8.67. The van der Waals surface area contributed by atoms with Crippen LogP contribution in [0.2, 0.25) is 0 Å². The summed E-state index contributed by atoms with van der Waals surface area (Å²) in [7, 11) is 0. The Bertz CT molecular complexity index is 221. The van der Waals surface area contributed by atoms with Gasteiger partial charge >= 0.3 is 0 Å². The van der Waals surface area contributed by atoms with Gasteiger partial charge in [-0.15, -0.1) is 0 Å². The van der Waals surface area contributed by atoms with E-state index < -0.39 is 0 Å². The van der Waals surface area contributed by atoms with Gasteiger partial charge in [-0.2, -0.15) is 0 Å². The van der Waals surface area contributed by atoms with Crippen molar-refractivity contribution in [1.82, 2.24) is 10.2 Å². The van der Waals surface area contributed by atoms with Crippen LogP contribution in [0.25, 0.3) is 0 Å². The van der Waals surface area contributed by atoms with Crippen LogP contribution in [0.4, 0.5) is 0 Å². The highest BCUT2D eigenvalue weighted by molar-refractivity contribution is 4.84. The number of hydrogen-bond acceptors (Lipinski definition) is 3. The van der Waals surface area contributed by atoms with Crippen LogP contribution in [0.3, 0.4) is 0 Å². The van der Waals surface area contributed by atoms with Gasteiger partial charge in [0.2, 0.25) is 0 Å². The van der Waals surface area contributed by atoms with Crippen LogP contribution in [-0.2, 0) is 4.74 Å². The molecule has 3 nitrogen and oxygen atoms in total. The molecule has 0 aliphatic carbocycles. The predicted molar refractivity (Wildman–Crippen MR) is 82.6 cm³/mol. The molecule has 19 heavy (non-hydrogen) atoms. The third kappa shape index (κ3) is 6.24. The molecule has 0 aromatic heterocycles. The molecule has 0 saturated carbocycles. The minimum absolute atomic E-state index is 0.376. The summed E-state index contributed by atoms with van der Waals surface area (Å²) < 4.78 is 6.05. The maximum Gasteiger partial charge on any atom is 0.0855 e. The fourth-order valence-corrected chi connectivity index (χ4v) is 2.79. The second-order valence-electron chi connectivity index (χ2n) is 6.02. The molecule has 0 aromatic rings. The third-order valence-corrected chi connectivity index (χ3v) is 4.18. The molecule has 1 rings (SSSR count). The summed E-state index contributed by atoms with van der Waals surface area (Å²) in [6.07, 6.45) is 5.31. The van der Waals surface area contributed by atoms with E-state index in [1.165, 1.54) is 32.2 Å². The maximum atomic E-state index is 6.05. The first kappa shape index (κ1) is 16.9. The monoisotopic (exact) mass is 270 g/mol. The lowest BCUT2D eigenvalue weighted by Gasteiger charge is -2.38. The average Bonchev–Trinajstić information content (AvgIpc) is 2.43. The number of morpholine rings is 1. The summed E-state index contributed by atoms with van der Waals surface area (Å²) in [5.74, 6) is 0.777. The zero-order chi connectivity index (χ0) is 14.1. The number of nitrogens with zero attached hydrogens (tertiary/aromatic N) is 1. The second-order valence-corrected chi connectivity index (χ2v) is 6.02. The van der Waals surface area contributed by atoms with Gasteiger partial charge in [0, 0.05) is 19.1 Å². The molecule has 114 valence electrons. The zero-order valence-electron chi connectivity index (χ0n) is 13.5. The van der Waals surface area contributed by atoms with Crippen LogP contribution in [0, 0.1) is 5.92 Å². The fourth-order valence-electron chi connectivity index (χ4n) is 2.79. The van der Waals surface area contributed by atoms with Crippen LogP contribution < -0.4 is 5.32 Å².